The van der Waals surface area contributed by atoms with Gasteiger partial charge in [-0.1, -0.05) is 409 Å². The quantitative estimate of drug-likeness (QED) is 0.0695. The SMILES string of the molecule is C1=[N+](c2ccc(-c3c4ccccc4c(-c4ccc5ccccc5c4)c4ccccc34)cc2)C(c2ccccc2)c2ccccc21.CC(C)(C)c1cc2ccc3c(-c4ccc(-c5cccnc5)cc4)cc(-c4cccc(-n5c6ccccc6c6ccccc65)c4)c4ccc(c1)c2c34.c1ccc(-c2nc3ccccc3n2-c2ccc(-c3c4ccccc4c(-c4ccc5ccccc5c4)c4ccccc34)cc2)cc1. The van der Waals surface area contributed by atoms with Crippen LogP contribution in [0.1, 0.15) is 49.1 Å². The summed E-state index contributed by atoms with van der Waals surface area (Å²) in [5.74, 6) is 0.945. The van der Waals surface area contributed by atoms with Crippen LogP contribution in [-0.2, 0) is 5.41 Å². The Bertz CT molecular complexity index is 9440. The fourth-order valence-electron chi connectivity index (χ4n) is 22.5. The molecule has 5 nitrogen and oxygen atoms in total. The second-order valence-corrected chi connectivity index (χ2v) is 38.4. The van der Waals surface area contributed by atoms with Gasteiger partial charge in [-0.3, -0.25) is 9.55 Å². The van der Waals surface area contributed by atoms with E-state index in [1.54, 1.807) is 0 Å². The molecule has 0 aliphatic carbocycles. The summed E-state index contributed by atoms with van der Waals surface area (Å²) in [7, 11) is 0. The van der Waals surface area contributed by atoms with Crippen molar-refractivity contribution in [2.45, 2.75) is 32.2 Å². The van der Waals surface area contributed by atoms with Crippen molar-refractivity contribution in [3.8, 4) is 101 Å². The van der Waals surface area contributed by atoms with Gasteiger partial charge in [-0.05, 0) is 277 Å². The number of nitrogens with zero attached hydrogens (tertiary/aromatic N) is 5. The van der Waals surface area contributed by atoms with Crippen molar-refractivity contribution >= 4 is 142 Å². The molecule has 0 saturated heterocycles. The summed E-state index contributed by atoms with van der Waals surface area (Å²) in [6.45, 7) is 6.90. The maximum Gasteiger partial charge on any atom is 0.210 e. The zero-order chi connectivity index (χ0) is 93.8. The first kappa shape index (κ1) is 83.6. The van der Waals surface area contributed by atoms with Gasteiger partial charge in [-0.25, -0.2) is 4.98 Å². The lowest BCUT2D eigenvalue weighted by Gasteiger charge is -2.23. The summed E-state index contributed by atoms with van der Waals surface area (Å²) in [5.41, 5.74) is 31.6. The number of hydrogen-bond donors (Lipinski definition) is 0. The summed E-state index contributed by atoms with van der Waals surface area (Å²) in [4.78, 5) is 9.40. The first-order valence-electron chi connectivity index (χ1n) is 48.8. The van der Waals surface area contributed by atoms with E-state index in [1.807, 2.05) is 24.5 Å². The van der Waals surface area contributed by atoms with Gasteiger partial charge in [0.15, 0.2) is 6.21 Å². The van der Waals surface area contributed by atoms with Gasteiger partial charge in [-0.2, -0.15) is 4.58 Å². The summed E-state index contributed by atoms with van der Waals surface area (Å²) < 4.78 is 7.10. The second-order valence-electron chi connectivity index (χ2n) is 38.4. The molecule has 0 spiro atoms. The predicted molar refractivity (Wildman–Crippen MR) is 597 cm³/mol. The fourth-order valence-corrected chi connectivity index (χ4v) is 22.5. The summed E-state index contributed by atoms with van der Waals surface area (Å²) >= 11 is 0. The molecule has 4 heterocycles. The van der Waals surface area contributed by atoms with Crippen LogP contribution in [-0.4, -0.2) is 29.9 Å². The predicted octanol–water partition coefficient (Wildman–Crippen LogP) is 36.2. The average molecular weight is 1800 g/mol. The Morgan fingerprint density at radius 3 is 1.22 bits per heavy atom. The van der Waals surface area contributed by atoms with Crippen molar-refractivity contribution in [1.82, 2.24) is 19.1 Å². The molecule has 141 heavy (non-hydrogen) atoms. The van der Waals surface area contributed by atoms with Gasteiger partial charge in [0.05, 0.1) is 22.1 Å². The summed E-state index contributed by atoms with van der Waals surface area (Å²) in [5, 5.41) is 25.5. The van der Waals surface area contributed by atoms with Gasteiger partial charge in [0, 0.05) is 68.9 Å². The lowest BCUT2D eigenvalue weighted by atomic mass is 9.81. The zero-order valence-corrected chi connectivity index (χ0v) is 78.3. The highest BCUT2D eigenvalue weighted by Gasteiger charge is 2.36. The lowest BCUT2D eigenvalue weighted by Crippen LogP contribution is -2.11. The van der Waals surface area contributed by atoms with Gasteiger partial charge in [-0.15, -0.1) is 0 Å². The van der Waals surface area contributed by atoms with E-state index < -0.39 is 0 Å². The molecule has 0 radical (unpaired) electrons. The van der Waals surface area contributed by atoms with Crippen LogP contribution in [0.3, 0.4) is 0 Å². The van der Waals surface area contributed by atoms with Gasteiger partial charge in [0.25, 0.3) is 0 Å². The van der Waals surface area contributed by atoms with Crippen molar-refractivity contribution in [3.05, 3.63) is 526 Å². The maximum atomic E-state index is 5.04. The number of fused-ring (bicyclic) bond motifs is 11. The zero-order valence-electron chi connectivity index (χ0n) is 78.3. The third kappa shape index (κ3) is 14.7. The van der Waals surface area contributed by atoms with Crippen LogP contribution < -0.4 is 0 Å². The van der Waals surface area contributed by atoms with Crippen LogP contribution in [0.25, 0.3) is 230 Å². The van der Waals surface area contributed by atoms with Crippen molar-refractivity contribution in [3.63, 3.8) is 0 Å². The van der Waals surface area contributed by atoms with E-state index in [0.717, 1.165) is 39.4 Å². The Hall–Kier alpha value is -18.0. The number of pyridine rings is 1. The fraction of sp³-hybridized carbons (Fsp3) is 0.0368. The lowest BCUT2D eigenvalue weighted by molar-refractivity contribution is -0.469. The topological polar surface area (TPSA) is 38.6 Å². The molecule has 1 aliphatic heterocycles. The minimum atomic E-state index is 0.0596. The molecular formula is C136H94N5+. The first-order valence-corrected chi connectivity index (χ1v) is 48.8. The maximum absolute atomic E-state index is 5.04. The van der Waals surface area contributed by atoms with Crippen molar-refractivity contribution in [2.75, 3.05) is 0 Å². The Kier molecular flexibility index (Phi) is 20.5. The summed E-state index contributed by atoms with van der Waals surface area (Å²) in [6.07, 6.45) is 6.05. The standard InChI is InChI=1S/C49H36N2.C44H30N.C43H28N2/c1-49(2,3)37-26-34-21-23-41-43(32-19-17-31(18-20-32)36-11-9-25-50-30-36)29-44(42-24-22-35(27-37)47(34)48(41)42)33-10-8-12-38(28-33)51-45-15-6-4-13-39(45)40-14-5-7-16-46(40)51;1-2-13-32(14-3-1)44-37-17-7-6-16-35(37)29-45(44)36-26-24-31(25-27-36)42-38-18-8-10-20-40(38)43(41-21-11-9-19-39(41)42)34-23-22-30-12-4-5-15-33(30)28-34;1-2-13-31(14-3-1)43-44-39-20-10-11-21-40(39)45(43)34-26-24-30(25-27-34)41-35-16-6-8-18-37(35)42(38-19-9-7-17-36(38)41)33-23-22-29-12-4-5-15-32(29)28-33/h4-30H,1-3H3;1-29,44H;1-28H/q;+1;. The van der Waals surface area contributed by atoms with Crippen molar-refractivity contribution < 1.29 is 4.58 Å². The van der Waals surface area contributed by atoms with Gasteiger partial charge >= 0.3 is 0 Å². The molecule has 0 amide bonds. The molecule has 0 N–H and O–H groups in total. The molecular weight excluding hydrogens is 1700 g/mol. The first-order chi connectivity index (χ1) is 69.6. The third-order valence-electron chi connectivity index (χ3n) is 29.1. The van der Waals surface area contributed by atoms with Crippen LogP contribution in [0.5, 0.6) is 0 Å². The van der Waals surface area contributed by atoms with Crippen LogP contribution >= 0.6 is 0 Å². The van der Waals surface area contributed by atoms with E-state index in [2.05, 4.69) is 525 Å². The number of imidazole rings is 1. The van der Waals surface area contributed by atoms with Gasteiger partial charge in [0.1, 0.15) is 5.82 Å². The molecule has 24 aromatic carbocycles. The molecule has 27 aromatic rings. The number of benzene rings is 24. The molecule has 662 valence electrons. The Morgan fingerprint density at radius 1 is 0.255 bits per heavy atom. The number of hydrogen-bond acceptors (Lipinski definition) is 2. The van der Waals surface area contributed by atoms with E-state index in [1.165, 1.54) is 219 Å². The smallest absolute Gasteiger partial charge is 0.210 e. The second kappa shape index (κ2) is 34.6. The number of rotatable bonds is 12. The number of aromatic nitrogens is 4. The van der Waals surface area contributed by atoms with Crippen LogP contribution in [0.15, 0.2) is 504 Å². The summed E-state index contributed by atoms with van der Waals surface area (Å²) in [6, 6.07) is 179. The molecule has 0 fully saturated rings. The number of para-hydroxylation sites is 4. The molecule has 1 atom stereocenters. The van der Waals surface area contributed by atoms with Crippen molar-refractivity contribution in [2.24, 2.45) is 0 Å². The van der Waals surface area contributed by atoms with Crippen LogP contribution in [0, 0.1) is 0 Å². The van der Waals surface area contributed by atoms with Gasteiger partial charge in [0.2, 0.25) is 11.7 Å². The highest BCUT2D eigenvalue weighted by Crippen LogP contribution is 2.51. The van der Waals surface area contributed by atoms with E-state index >= 15 is 0 Å². The molecule has 0 bridgehead atoms. The highest BCUT2D eigenvalue weighted by atomic mass is 15.1. The molecule has 1 unspecified atom stereocenters. The molecule has 0 saturated carbocycles. The van der Waals surface area contributed by atoms with E-state index in [4.69, 9.17) is 4.98 Å². The third-order valence-corrected chi connectivity index (χ3v) is 29.1. The van der Waals surface area contributed by atoms with Crippen LogP contribution in [0.2, 0.25) is 0 Å². The minimum Gasteiger partial charge on any atom is -0.309 e. The van der Waals surface area contributed by atoms with Crippen molar-refractivity contribution in [1.29, 1.82) is 0 Å². The molecule has 28 rings (SSSR count). The molecule has 3 aromatic heterocycles. The Balaban J connectivity index is 0.000000109. The van der Waals surface area contributed by atoms with Crippen LogP contribution in [0.4, 0.5) is 5.69 Å². The van der Waals surface area contributed by atoms with E-state index in [0.29, 0.717) is 0 Å². The van der Waals surface area contributed by atoms with E-state index in [9.17, 15) is 0 Å². The highest BCUT2D eigenvalue weighted by molar-refractivity contribution is 6.29. The normalized spacial score (nSPS) is 12.6. The average Bonchev–Trinajstić information content (AvgIpc) is 1.45. The largest absolute Gasteiger partial charge is 0.309 e. The molecule has 1 aliphatic rings. The van der Waals surface area contributed by atoms with Gasteiger partial charge < -0.3 is 4.57 Å². The minimum absolute atomic E-state index is 0.0596. The Labute approximate surface area is 818 Å². The monoisotopic (exact) mass is 1800 g/mol. The van der Waals surface area contributed by atoms with E-state index in [-0.39, 0.29) is 11.5 Å². The Morgan fingerprint density at radius 2 is 0.681 bits per heavy atom. The molecule has 5 heteroatoms.